The molecule has 0 aromatic carbocycles. The summed E-state index contributed by atoms with van der Waals surface area (Å²) in [6.45, 7) is 0. The number of hydrogen-bond donors (Lipinski definition) is 0. The third-order valence-corrected chi connectivity index (χ3v) is 2.47. The lowest BCUT2D eigenvalue weighted by atomic mass is 10.3. The van der Waals surface area contributed by atoms with Gasteiger partial charge >= 0.3 is 18.1 Å². The number of rotatable bonds is 3. The SMILES string of the molecule is O=[N+]([O-])c1cc(I)c(C(F)F)c(OC(F)(F)F)n1. The maximum atomic E-state index is 12.5. The van der Waals surface area contributed by atoms with Crippen LogP contribution in [0.1, 0.15) is 12.0 Å². The van der Waals surface area contributed by atoms with Gasteiger partial charge in [0.15, 0.2) is 0 Å². The van der Waals surface area contributed by atoms with Gasteiger partial charge in [0.2, 0.25) is 0 Å². The Hall–Kier alpha value is -1.27. The van der Waals surface area contributed by atoms with Gasteiger partial charge in [-0.3, -0.25) is 0 Å². The van der Waals surface area contributed by atoms with Crippen LogP contribution in [-0.2, 0) is 0 Å². The molecule has 0 spiro atoms. The standard InChI is InChI=1S/C7H2F5IN2O3/c8-5(9)4-2(13)1-3(15(16)17)14-6(4)18-7(10,11)12/h1,5H. The molecule has 0 saturated heterocycles. The lowest BCUT2D eigenvalue weighted by Gasteiger charge is -2.09. The smallest absolute Gasteiger partial charge is 0.366 e. The van der Waals surface area contributed by atoms with Crippen LogP contribution in [0.5, 0.6) is 5.88 Å². The number of aromatic nitrogens is 1. The highest BCUT2D eigenvalue weighted by Gasteiger charge is 2.38. The summed E-state index contributed by atoms with van der Waals surface area (Å²) in [5.74, 6) is -2.53. The topological polar surface area (TPSA) is 65.3 Å². The van der Waals surface area contributed by atoms with Crippen LogP contribution in [0.3, 0.4) is 0 Å². The first-order chi connectivity index (χ1) is 8.11. The summed E-state index contributed by atoms with van der Waals surface area (Å²) in [6, 6.07) is 0.630. The summed E-state index contributed by atoms with van der Waals surface area (Å²) in [7, 11) is 0. The van der Waals surface area contributed by atoms with Crippen LogP contribution in [0, 0.1) is 13.7 Å². The van der Waals surface area contributed by atoms with Crippen molar-refractivity contribution in [3.05, 3.63) is 25.3 Å². The van der Waals surface area contributed by atoms with Crippen molar-refractivity contribution in [1.82, 2.24) is 4.98 Å². The fourth-order valence-electron chi connectivity index (χ4n) is 0.968. The molecule has 0 fully saturated rings. The van der Waals surface area contributed by atoms with Crippen molar-refractivity contribution in [2.75, 3.05) is 0 Å². The quantitative estimate of drug-likeness (QED) is 0.347. The Morgan fingerprint density at radius 3 is 2.39 bits per heavy atom. The molecule has 5 nitrogen and oxygen atoms in total. The van der Waals surface area contributed by atoms with E-state index in [0.717, 1.165) is 0 Å². The van der Waals surface area contributed by atoms with Crippen molar-refractivity contribution in [1.29, 1.82) is 0 Å². The van der Waals surface area contributed by atoms with E-state index >= 15 is 0 Å². The highest BCUT2D eigenvalue weighted by molar-refractivity contribution is 14.1. The van der Waals surface area contributed by atoms with E-state index in [4.69, 9.17) is 0 Å². The van der Waals surface area contributed by atoms with E-state index in [1.54, 1.807) is 0 Å². The van der Waals surface area contributed by atoms with Crippen LogP contribution in [0.25, 0.3) is 0 Å². The number of nitro groups is 1. The summed E-state index contributed by atoms with van der Waals surface area (Å²) < 4.78 is 63.8. The van der Waals surface area contributed by atoms with Gasteiger partial charge < -0.3 is 14.9 Å². The first kappa shape index (κ1) is 14.8. The average molecular weight is 384 g/mol. The molecule has 1 aromatic rings. The molecule has 0 amide bonds. The fraction of sp³-hybridized carbons (Fsp3) is 0.286. The van der Waals surface area contributed by atoms with Crippen LogP contribution in [-0.4, -0.2) is 16.3 Å². The zero-order valence-corrected chi connectivity index (χ0v) is 10.2. The molecule has 11 heteroatoms. The summed E-state index contributed by atoms with van der Waals surface area (Å²) in [5, 5.41) is 10.4. The van der Waals surface area contributed by atoms with Crippen LogP contribution in [0.15, 0.2) is 6.07 Å². The van der Waals surface area contributed by atoms with E-state index in [2.05, 4.69) is 9.72 Å². The molecule has 100 valence electrons. The molecule has 1 rings (SSSR count). The molecule has 18 heavy (non-hydrogen) atoms. The van der Waals surface area contributed by atoms with E-state index in [-0.39, 0.29) is 0 Å². The summed E-state index contributed by atoms with van der Waals surface area (Å²) in [6.07, 6.45) is -8.57. The molecule has 0 aliphatic rings. The maximum absolute atomic E-state index is 12.5. The molecule has 0 radical (unpaired) electrons. The van der Waals surface area contributed by atoms with Gasteiger partial charge in [0.1, 0.15) is 5.56 Å². The number of halogens is 6. The molecule has 0 bridgehead atoms. The van der Waals surface area contributed by atoms with Crippen LogP contribution >= 0.6 is 22.6 Å². The van der Waals surface area contributed by atoms with Crippen LogP contribution < -0.4 is 4.74 Å². The number of nitrogens with zero attached hydrogens (tertiary/aromatic N) is 2. The minimum Gasteiger partial charge on any atom is -0.366 e. The normalized spacial score (nSPS) is 11.7. The molecule has 0 saturated carbocycles. The van der Waals surface area contributed by atoms with E-state index in [1.807, 2.05) is 0 Å². The van der Waals surface area contributed by atoms with Crippen LogP contribution in [0.4, 0.5) is 27.8 Å². The number of pyridine rings is 1. The second-order valence-electron chi connectivity index (χ2n) is 2.79. The van der Waals surface area contributed by atoms with E-state index in [0.29, 0.717) is 6.07 Å². The van der Waals surface area contributed by atoms with E-state index in [1.165, 1.54) is 22.6 Å². The Kier molecular flexibility index (Phi) is 4.24. The minimum atomic E-state index is -5.27. The van der Waals surface area contributed by atoms with Crippen molar-refractivity contribution in [2.24, 2.45) is 0 Å². The number of hydrogen-bond acceptors (Lipinski definition) is 4. The first-order valence-electron chi connectivity index (χ1n) is 4.00. The average Bonchev–Trinajstić information content (AvgIpc) is 2.12. The largest absolute Gasteiger partial charge is 0.575 e. The van der Waals surface area contributed by atoms with Gasteiger partial charge in [0.25, 0.3) is 6.43 Å². The number of ether oxygens (including phenoxy) is 1. The Labute approximate surface area is 109 Å². The molecule has 1 aromatic heterocycles. The molecule has 0 N–H and O–H groups in total. The van der Waals surface area contributed by atoms with Crippen molar-refractivity contribution in [3.8, 4) is 5.88 Å². The second-order valence-corrected chi connectivity index (χ2v) is 3.95. The second kappa shape index (κ2) is 5.16. The third kappa shape index (κ3) is 3.61. The predicted octanol–water partition coefficient (Wildman–Crippen LogP) is 3.43. The Morgan fingerprint density at radius 1 is 1.44 bits per heavy atom. The Bertz CT molecular complexity index is 479. The van der Waals surface area contributed by atoms with Gasteiger partial charge in [-0.15, -0.1) is 13.2 Å². The van der Waals surface area contributed by atoms with Gasteiger partial charge in [0, 0.05) is 8.55 Å². The summed E-state index contributed by atoms with van der Waals surface area (Å²) in [5.41, 5.74) is -1.14. The molecule has 0 aliphatic heterocycles. The van der Waals surface area contributed by atoms with Gasteiger partial charge in [-0.25, -0.2) is 8.78 Å². The minimum absolute atomic E-state index is 0.441. The van der Waals surface area contributed by atoms with Crippen molar-refractivity contribution < 1.29 is 31.6 Å². The van der Waals surface area contributed by atoms with Crippen molar-refractivity contribution >= 4 is 28.4 Å². The number of alkyl halides is 5. The lowest BCUT2D eigenvalue weighted by molar-refractivity contribution is -0.390. The predicted molar refractivity (Wildman–Crippen MR) is 55.2 cm³/mol. The molecular formula is C7H2F5IN2O3. The van der Waals surface area contributed by atoms with Crippen molar-refractivity contribution in [3.63, 3.8) is 0 Å². The van der Waals surface area contributed by atoms with Gasteiger partial charge in [-0.05, 0) is 27.5 Å². The van der Waals surface area contributed by atoms with Gasteiger partial charge in [-0.1, -0.05) is 0 Å². The van der Waals surface area contributed by atoms with Gasteiger partial charge in [-0.2, -0.15) is 0 Å². The Balaban J connectivity index is 3.38. The molecule has 0 atom stereocenters. The lowest BCUT2D eigenvalue weighted by Crippen LogP contribution is -2.20. The molecular weight excluding hydrogens is 382 g/mol. The monoisotopic (exact) mass is 384 g/mol. The van der Waals surface area contributed by atoms with Crippen molar-refractivity contribution in [2.45, 2.75) is 12.8 Å². The molecule has 0 unspecified atom stereocenters. The maximum Gasteiger partial charge on any atom is 0.575 e. The van der Waals surface area contributed by atoms with E-state index < -0.39 is 38.5 Å². The summed E-state index contributed by atoms with van der Waals surface area (Å²) >= 11 is 1.24. The first-order valence-corrected chi connectivity index (χ1v) is 5.08. The zero-order valence-electron chi connectivity index (χ0n) is 8.04. The fourth-order valence-corrected chi connectivity index (χ4v) is 1.71. The molecule has 1 heterocycles. The highest BCUT2D eigenvalue weighted by atomic mass is 127. The third-order valence-electron chi connectivity index (χ3n) is 1.58. The Morgan fingerprint density at radius 2 is 2.00 bits per heavy atom. The summed E-state index contributed by atoms with van der Waals surface area (Å²) in [4.78, 5) is 12.1. The molecule has 0 aliphatic carbocycles. The van der Waals surface area contributed by atoms with E-state index in [9.17, 15) is 32.1 Å². The van der Waals surface area contributed by atoms with Crippen LogP contribution in [0.2, 0.25) is 0 Å². The zero-order chi connectivity index (χ0) is 14.1. The van der Waals surface area contributed by atoms with Gasteiger partial charge in [0.05, 0.1) is 6.07 Å². The highest BCUT2D eigenvalue weighted by Crippen LogP contribution is 2.36.